The molecule has 0 aliphatic heterocycles. The van der Waals surface area contributed by atoms with Crippen LogP contribution in [0.5, 0.6) is 5.75 Å². The minimum Gasteiger partial charge on any atom is -0.489 e. The van der Waals surface area contributed by atoms with Crippen LogP contribution >= 0.6 is 0 Å². The Bertz CT molecular complexity index is 419. The second-order valence-electron chi connectivity index (χ2n) is 5.19. The molecule has 20 heavy (non-hydrogen) atoms. The van der Waals surface area contributed by atoms with Crippen molar-refractivity contribution >= 4 is 11.6 Å². The maximum atomic E-state index is 12.0. The second-order valence-corrected chi connectivity index (χ2v) is 5.19. The summed E-state index contributed by atoms with van der Waals surface area (Å²) in [5.74, 6) is 0.879. The van der Waals surface area contributed by atoms with E-state index >= 15 is 0 Å². The van der Waals surface area contributed by atoms with Gasteiger partial charge in [0.15, 0.2) is 0 Å². The van der Waals surface area contributed by atoms with E-state index in [-0.39, 0.29) is 12.0 Å². The summed E-state index contributed by atoms with van der Waals surface area (Å²) < 4.78 is 5.72. The number of carbonyl (C=O) groups excluding carboxylic acids is 1. The van der Waals surface area contributed by atoms with Gasteiger partial charge >= 0.3 is 0 Å². The van der Waals surface area contributed by atoms with Crippen LogP contribution in [0.25, 0.3) is 0 Å². The largest absolute Gasteiger partial charge is 0.489 e. The molecule has 0 atom stereocenters. The van der Waals surface area contributed by atoms with Crippen molar-refractivity contribution in [2.75, 3.05) is 25.5 Å². The van der Waals surface area contributed by atoms with Crippen molar-refractivity contribution in [1.82, 2.24) is 4.90 Å². The summed E-state index contributed by atoms with van der Waals surface area (Å²) in [5.41, 5.74) is 0.860. The lowest BCUT2D eigenvalue weighted by Crippen LogP contribution is -2.33. The van der Waals surface area contributed by atoms with Gasteiger partial charge in [0.05, 0.1) is 18.3 Å². The van der Waals surface area contributed by atoms with Gasteiger partial charge < -0.3 is 15.0 Å². The molecule has 4 heteroatoms. The van der Waals surface area contributed by atoms with Gasteiger partial charge in [-0.15, -0.1) is 0 Å². The molecule has 0 bridgehead atoms. The highest BCUT2D eigenvalue weighted by Crippen LogP contribution is 2.24. The van der Waals surface area contributed by atoms with Crippen molar-refractivity contribution in [3.05, 3.63) is 24.3 Å². The summed E-state index contributed by atoms with van der Waals surface area (Å²) in [5, 5.41) is 3.16. The van der Waals surface area contributed by atoms with Crippen LogP contribution in [-0.4, -0.2) is 37.0 Å². The summed E-state index contributed by atoms with van der Waals surface area (Å²) in [4.78, 5) is 13.7. The highest BCUT2D eigenvalue weighted by atomic mass is 16.5. The summed E-state index contributed by atoms with van der Waals surface area (Å²) in [6.45, 7) is 7.19. The maximum absolute atomic E-state index is 12.0. The van der Waals surface area contributed by atoms with E-state index in [9.17, 15) is 4.79 Å². The summed E-state index contributed by atoms with van der Waals surface area (Å²) in [7, 11) is 1.84. The second kappa shape index (κ2) is 8.46. The number of amides is 1. The third kappa shape index (κ3) is 5.51. The number of hydrogen-bond acceptors (Lipinski definition) is 3. The molecule has 1 rings (SSSR count). The molecule has 1 aromatic rings. The normalized spacial score (nSPS) is 10.4. The molecule has 0 unspecified atom stereocenters. The molecule has 1 amide bonds. The summed E-state index contributed by atoms with van der Waals surface area (Å²) in [6, 6.07) is 7.70. The molecular weight excluding hydrogens is 252 g/mol. The van der Waals surface area contributed by atoms with E-state index < -0.39 is 0 Å². The number of rotatable bonds is 8. The van der Waals surface area contributed by atoms with Crippen molar-refractivity contribution in [1.29, 1.82) is 0 Å². The fourth-order valence-corrected chi connectivity index (χ4v) is 1.80. The number of carbonyl (C=O) groups is 1. The van der Waals surface area contributed by atoms with Crippen LogP contribution in [0.4, 0.5) is 5.69 Å². The van der Waals surface area contributed by atoms with Gasteiger partial charge in [0.2, 0.25) is 5.91 Å². The fourth-order valence-electron chi connectivity index (χ4n) is 1.80. The van der Waals surface area contributed by atoms with E-state index in [1.54, 1.807) is 4.90 Å². The van der Waals surface area contributed by atoms with Crippen LogP contribution < -0.4 is 10.1 Å². The zero-order valence-electron chi connectivity index (χ0n) is 13.0. The molecule has 0 saturated heterocycles. The molecule has 0 saturated carbocycles. The van der Waals surface area contributed by atoms with Crippen LogP contribution in [0.2, 0.25) is 0 Å². The quantitative estimate of drug-likeness (QED) is 0.794. The van der Waals surface area contributed by atoms with E-state index in [2.05, 4.69) is 12.2 Å². The number of nitrogens with one attached hydrogen (secondary N) is 1. The van der Waals surface area contributed by atoms with Gasteiger partial charge in [-0.05, 0) is 32.4 Å². The Morgan fingerprint density at radius 2 is 2.05 bits per heavy atom. The van der Waals surface area contributed by atoms with Crippen molar-refractivity contribution in [2.24, 2.45) is 0 Å². The van der Waals surface area contributed by atoms with E-state index in [0.717, 1.165) is 30.8 Å². The maximum Gasteiger partial charge on any atom is 0.241 e. The van der Waals surface area contributed by atoms with Crippen LogP contribution in [0.15, 0.2) is 24.3 Å². The monoisotopic (exact) mass is 278 g/mol. The first-order valence-electron chi connectivity index (χ1n) is 7.28. The minimum atomic E-state index is 0.0952. The molecule has 0 fully saturated rings. The number of para-hydroxylation sites is 2. The standard InChI is InChI=1S/C16H26N2O2/c1-5-6-11-18(4)16(19)12-17-14-9-7-8-10-15(14)20-13(2)3/h7-10,13,17H,5-6,11-12H2,1-4H3. The Kier molecular flexibility index (Phi) is 6.91. The first-order valence-corrected chi connectivity index (χ1v) is 7.28. The van der Waals surface area contributed by atoms with Crippen molar-refractivity contribution in [3.8, 4) is 5.75 Å². The topological polar surface area (TPSA) is 41.6 Å². The van der Waals surface area contributed by atoms with E-state index in [0.29, 0.717) is 6.54 Å². The zero-order chi connectivity index (χ0) is 15.0. The van der Waals surface area contributed by atoms with E-state index in [1.807, 2.05) is 45.2 Å². The lowest BCUT2D eigenvalue weighted by Gasteiger charge is -2.19. The Morgan fingerprint density at radius 3 is 2.70 bits per heavy atom. The number of nitrogens with zero attached hydrogens (tertiary/aromatic N) is 1. The average molecular weight is 278 g/mol. The summed E-state index contributed by atoms with van der Waals surface area (Å²) >= 11 is 0. The number of anilines is 1. The SMILES string of the molecule is CCCCN(C)C(=O)CNc1ccccc1OC(C)C. The molecular formula is C16H26N2O2. The third-order valence-electron chi connectivity index (χ3n) is 2.95. The third-order valence-corrected chi connectivity index (χ3v) is 2.95. The first-order chi connectivity index (χ1) is 9.54. The van der Waals surface area contributed by atoms with E-state index in [4.69, 9.17) is 4.74 Å². The minimum absolute atomic E-state index is 0.0952. The van der Waals surface area contributed by atoms with Gasteiger partial charge in [-0.3, -0.25) is 4.79 Å². The Hall–Kier alpha value is -1.71. The Labute approximate surface area is 122 Å². The highest BCUT2D eigenvalue weighted by Gasteiger charge is 2.10. The Balaban J connectivity index is 2.54. The predicted octanol–water partition coefficient (Wildman–Crippen LogP) is 3.14. The number of likely N-dealkylation sites (N-methyl/N-ethyl adjacent to an activating group) is 1. The van der Waals surface area contributed by atoms with Gasteiger partial charge in [-0.2, -0.15) is 0 Å². The van der Waals surface area contributed by atoms with Crippen molar-refractivity contribution in [2.45, 2.75) is 39.7 Å². The molecule has 0 aromatic heterocycles. The highest BCUT2D eigenvalue weighted by molar-refractivity contribution is 5.81. The molecule has 112 valence electrons. The molecule has 0 radical (unpaired) electrons. The smallest absolute Gasteiger partial charge is 0.241 e. The lowest BCUT2D eigenvalue weighted by molar-refractivity contribution is -0.128. The molecule has 0 spiro atoms. The van der Waals surface area contributed by atoms with Crippen LogP contribution in [-0.2, 0) is 4.79 Å². The molecule has 1 aromatic carbocycles. The number of benzene rings is 1. The number of ether oxygens (including phenoxy) is 1. The van der Waals surface area contributed by atoms with Crippen LogP contribution in [0.3, 0.4) is 0 Å². The average Bonchev–Trinajstić information content (AvgIpc) is 2.42. The van der Waals surface area contributed by atoms with Gasteiger partial charge in [0.25, 0.3) is 0 Å². The van der Waals surface area contributed by atoms with Crippen LogP contribution in [0, 0.1) is 0 Å². The first kappa shape index (κ1) is 16.3. The number of unbranched alkanes of at least 4 members (excludes halogenated alkanes) is 1. The van der Waals surface area contributed by atoms with Gasteiger partial charge in [0, 0.05) is 13.6 Å². The number of hydrogen-bond donors (Lipinski definition) is 1. The van der Waals surface area contributed by atoms with Crippen molar-refractivity contribution < 1.29 is 9.53 Å². The molecule has 1 N–H and O–H groups in total. The van der Waals surface area contributed by atoms with Crippen LogP contribution in [0.1, 0.15) is 33.6 Å². The van der Waals surface area contributed by atoms with E-state index in [1.165, 1.54) is 0 Å². The Morgan fingerprint density at radius 1 is 1.35 bits per heavy atom. The van der Waals surface area contributed by atoms with Gasteiger partial charge in [-0.1, -0.05) is 25.5 Å². The zero-order valence-corrected chi connectivity index (χ0v) is 13.0. The van der Waals surface area contributed by atoms with Gasteiger partial charge in [0.1, 0.15) is 5.75 Å². The van der Waals surface area contributed by atoms with Crippen molar-refractivity contribution in [3.63, 3.8) is 0 Å². The van der Waals surface area contributed by atoms with Gasteiger partial charge in [-0.25, -0.2) is 0 Å². The lowest BCUT2D eigenvalue weighted by atomic mass is 10.2. The molecule has 0 aliphatic carbocycles. The molecule has 4 nitrogen and oxygen atoms in total. The fraction of sp³-hybridized carbons (Fsp3) is 0.562. The molecule has 0 aliphatic rings. The summed E-state index contributed by atoms with van der Waals surface area (Å²) in [6.07, 6.45) is 2.24. The molecule has 0 heterocycles. The predicted molar refractivity (Wildman–Crippen MR) is 83.2 cm³/mol.